The maximum Gasteiger partial charge on any atom is 0.182 e. The number of methoxy groups -OCH3 is 1. The second-order valence-electron chi connectivity index (χ2n) is 2.67. The van der Waals surface area contributed by atoms with Crippen molar-refractivity contribution in [1.29, 1.82) is 0 Å². The quantitative estimate of drug-likeness (QED) is 0.723. The molecule has 6 heteroatoms. The maximum absolute atomic E-state index is 5.86. The molecule has 0 unspecified atom stereocenters. The Morgan fingerprint density at radius 1 is 1.13 bits per heavy atom. The van der Waals surface area contributed by atoms with Gasteiger partial charge in [-0.1, -0.05) is 11.6 Å². The second kappa shape index (κ2) is 4.18. The lowest BCUT2D eigenvalue weighted by Crippen LogP contribution is -1.95. The summed E-state index contributed by atoms with van der Waals surface area (Å²) in [6.45, 7) is 0. The minimum absolute atomic E-state index is 0.270. The first-order valence-corrected chi connectivity index (χ1v) is 4.50. The lowest BCUT2D eigenvalue weighted by Gasteiger charge is -2.06. The SMILES string of the molecule is COc1c(Cl)ncnc1-c1cncnc1. The molecule has 0 radical (unpaired) electrons. The van der Waals surface area contributed by atoms with Crippen LogP contribution in [0.3, 0.4) is 0 Å². The average Bonchev–Trinajstić information content (AvgIpc) is 2.30. The van der Waals surface area contributed by atoms with Crippen LogP contribution in [-0.4, -0.2) is 27.0 Å². The van der Waals surface area contributed by atoms with Gasteiger partial charge in [0, 0.05) is 18.0 Å². The smallest absolute Gasteiger partial charge is 0.182 e. The standard InChI is InChI=1S/C9H7ClN4O/c1-15-8-7(13-5-14-9(8)10)6-2-11-4-12-3-6/h2-5H,1H3. The fourth-order valence-electron chi connectivity index (χ4n) is 1.16. The fourth-order valence-corrected chi connectivity index (χ4v) is 1.37. The van der Waals surface area contributed by atoms with Crippen molar-refractivity contribution in [1.82, 2.24) is 19.9 Å². The van der Waals surface area contributed by atoms with Crippen LogP contribution in [0.2, 0.25) is 5.15 Å². The molecule has 0 aromatic carbocycles. The number of hydrogen-bond acceptors (Lipinski definition) is 5. The summed E-state index contributed by atoms with van der Waals surface area (Å²) < 4.78 is 5.12. The molecule has 2 aromatic heterocycles. The number of halogens is 1. The van der Waals surface area contributed by atoms with E-state index in [2.05, 4.69) is 19.9 Å². The van der Waals surface area contributed by atoms with Crippen molar-refractivity contribution >= 4 is 11.6 Å². The molecule has 0 saturated heterocycles. The monoisotopic (exact) mass is 222 g/mol. The Bertz CT molecular complexity index is 463. The summed E-state index contributed by atoms with van der Waals surface area (Å²) >= 11 is 5.86. The third kappa shape index (κ3) is 1.87. The third-order valence-corrected chi connectivity index (χ3v) is 2.07. The average molecular weight is 223 g/mol. The lowest BCUT2D eigenvalue weighted by molar-refractivity contribution is 0.413. The van der Waals surface area contributed by atoms with E-state index < -0.39 is 0 Å². The molecule has 0 aliphatic rings. The van der Waals surface area contributed by atoms with Gasteiger partial charge in [0.15, 0.2) is 10.9 Å². The molecule has 5 nitrogen and oxygen atoms in total. The van der Waals surface area contributed by atoms with Crippen LogP contribution in [0.25, 0.3) is 11.3 Å². The van der Waals surface area contributed by atoms with Gasteiger partial charge in [0.25, 0.3) is 0 Å². The molecule has 0 aliphatic carbocycles. The zero-order valence-corrected chi connectivity index (χ0v) is 8.64. The van der Waals surface area contributed by atoms with Crippen molar-refractivity contribution in [2.75, 3.05) is 7.11 Å². The minimum atomic E-state index is 0.270. The number of aromatic nitrogens is 4. The van der Waals surface area contributed by atoms with Crippen molar-refractivity contribution < 1.29 is 4.74 Å². The Morgan fingerprint density at radius 3 is 2.53 bits per heavy atom. The predicted octanol–water partition coefficient (Wildman–Crippen LogP) is 1.60. The van der Waals surface area contributed by atoms with E-state index in [0.717, 1.165) is 5.56 Å². The first-order valence-electron chi connectivity index (χ1n) is 4.13. The van der Waals surface area contributed by atoms with Gasteiger partial charge < -0.3 is 4.74 Å². The number of hydrogen-bond donors (Lipinski definition) is 0. The van der Waals surface area contributed by atoms with Crippen LogP contribution in [0, 0.1) is 0 Å². The Morgan fingerprint density at radius 2 is 1.87 bits per heavy atom. The van der Waals surface area contributed by atoms with Crippen LogP contribution >= 0.6 is 11.6 Å². The van der Waals surface area contributed by atoms with Crippen molar-refractivity contribution in [3.63, 3.8) is 0 Å². The summed E-state index contributed by atoms with van der Waals surface area (Å²) in [7, 11) is 1.51. The summed E-state index contributed by atoms with van der Waals surface area (Å²) in [6, 6.07) is 0. The molecule has 0 spiro atoms. The van der Waals surface area contributed by atoms with E-state index in [1.807, 2.05) is 0 Å². The molecule has 0 aliphatic heterocycles. The van der Waals surface area contributed by atoms with Gasteiger partial charge in [0.2, 0.25) is 0 Å². The molecule has 15 heavy (non-hydrogen) atoms. The minimum Gasteiger partial charge on any atom is -0.491 e. The Balaban J connectivity index is 2.58. The number of ether oxygens (including phenoxy) is 1. The fraction of sp³-hybridized carbons (Fsp3) is 0.111. The van der Waals surface area contributed by atoms with Gasteiger partial charge in [-0.2, -0.15) is 0 Å². The van der Waals surface area contributed by atoms with Crippen molar-refractivity contribution in [3.8, 4) is 17.0 Å². The highest BCUT2D eigenvalue weighted by atomic mass is 35.5. The second-order valence-corrected chi connectivity index (χ2v) is 3.03. The van der Waals surface area contributed by atoms with E-state index in [0.29, 0.717) is 11.4 Å². The molecule has 0 atom stereocenters. The predicted molar refractivity (Wildman–Crippen MR) is 54.6 cm³/mol. The zero-order chi connectivity index (χ0) is 10.7. The number of rotatable bonds is 2. The molecule has 2 heterocycles. The largest absolute Gasteiger partial charge is 0.491 e. The molecule has 0 bridgehead atoms. The van der Waals surface area contributed by atoms with Gasteiger partial charge >= 0.3 is 0 Å². The first-order chi connectivity index (χ1) is 7.33. The van der Waals surface area contributed by atoms with Crippen LogP contribution in [0.4, 0.5) is 0 Å². The summed E-state index contributed by atoms with van der Waals surface area (Å²) in [5, 5.41) is 0.270. The van der Waals surface area contributed by atoms with E-state index in [4.69, 9.17) is 16.3 Å². The number of nitrogens with zero attached hydrogens (tertiary/aromatic N) is 4. The van der Waals surface area contributed by atoms with Crippen LogP contribution < -0.4 is 4.74 Å². The Labute approximate surface area is 91.1 Å². The lowest BCUT2D eigenvalue weighted by atomic mass is 10.2. The normalized spacial score (nSPS) is 10.0. The summed E-state index contributed by atoms with van der Waals surface area (Å²) in [6.07, 6.45) is 6.08. The molecular weight excluding hydrogens is 216 g/mol. The van der Waals surface area contributed by atoms with E-state index in [9.17, 15) is 0 Å². The van der Waals surface area contributed by atoms with Crippen LogP contribution in [0.15, 0.2) is 25.0 Å². The molecular formula is C9H7ClN4O. The molecule has 0 fully saturated rings. The van der Waals surface area contributed by atoms with Gasteiger partial charge in [-0.25, -0.2) is 19.9 Å². The zero-order valence-electron chi connectivity index (χ0n) is 7.88. The maximum atomic E-state index is 5.86. The van der Waals surface area contributed by atoms with Gasteiger partial charge in [-0.3, -0.25) is 0 Å². The van der Waals surface area contributed by atoms with Gasteiger partial charge in [0.1, 0.15) is 18.3 Å². The van der Waals surface area contributed by atoms with Crippen molar-refractivity contribution in [2.24, 2.45) is 0 Å². The van der Waals surface area contributed by atoms with Gasteiger partial charge in [-0.05, 0) is 0 Å². The van der Waals surface area contributed by atoms with Crippen molar-refractivity contribution in [2.45, 2.75) is 0 Å². The highest BCUT2D eigenvalue weighted by Crippen LogP contribution is 2.31. The van der Waals surface area contributed by atoms with E-state index in [1.165, 1.54) is 19.8 Å². The van der Waals surface area contributed by atoms with Gasteiger partial charge in [-0.15, -0.1) is 0 Å². The molecule has 76 valence electrons. The highest BCUT2D eigenvalue weighted by molar-refractivity contribution is 6.31. The van der Waals surface area contributed by atoms with Crippen LogP contribution in [-0.2, 0) is 0 Å². The molecule has 0 amide bonds. The van der Waals surface area contributed by atoms with E-state index >= 15 is 0 Å². The third-order valence-electron chi connectivity index (χ3n) is 1.80. The highest BCUT2D eigenvalue weighted by Gasteiger charge is 2.12. The summed E-state index contributed by atoms with van der Waals surface area (Å²) in [5.74, 6) is 0.425. The Kier molecular flexibility index (Phi) is 2.73. The van der Waals surface area contributed by atoms with Crippen LogP contribution in [0.1, 0.15) is 0 Å². The molecule has 0 N–H and O–H groups in total. The van der Waals surface area contributed by atoms with Crippen LogP contribution in [0.5, 0.6) is 5.75 Å². The first kappa shape index (κ1) is 9.79. The molecule has 2 rings (SSSR count). The van der Waals surface area contributed by atoms with E-state index in [1.54, 1.807) is 12.4 Å². The molecule has 0 saturated carbocycles. The Hall–Kier alpha value is -1.75. The summed E-state index contributed by atoms with van der Waals surface area (Å²) in [5.41, 5.74) is 1.32. The van der Waals surface area contributed by atoms with E-state index in [-0.39, 0.29) is 5.15 Å². The van der Waals surface area contributed by atoms with Crippen molar-refractivity contribution in [3.05, 3.63) is 30.2 Å². The summed E-state index contributed by atoms with van der Waals surface area (Å²) in [4.78, 5) is 15.7. The van der Waals surface area contributed by atoms with Gasteiger partial charge in [0.05, 0.1) is 7.11 Å². The topological polar surface area (TPSA) is 60.8 Å². The molecule has 2 aromatic rings.